The number of carbonyl (C=O) groups excluding carboxylic acids is 1. The molecule has 0 spiro atoms. The van der Waals surface area contributed by atoms with Crippen LogP contribution in [0.3, 0.4) is 0 Å². The lowest BCUT2D eigenvalue weighted by Crippen LogP contribution is -2.45. The summed E-state index contributed by atoms with van der Waals surface area (Å²) in [4.78, 5) is 14.5. The van der Waals surface area contributed by atoms with Crippen molar-refractivity contribution in [3.63, 3.8) is 0 Å². The van der Waals surface area contributed by atoms with E-state index in [-0.39, 0.29) is 11.6 Å². The number of nitrogens with zero attached hydrogens (tertiary/aromatic N) is 2. The van der Waals surface area contributed by atoms with Gasteiger partial charge in [-0.25, -0.2) is 4.39 Å². The van der Waals surface area contributed by atoms with Crippen LogP contribution in [0.25, 0.3) is 11.3 Å². The van der Waals surface area contributed by atoms with Gasteiger partial charge in [0.2, 0.25) is 0 Å². The lowest BCUT2D eigenvalue weighted by atomic mass is 10.0. The highest BCUT2D eigenvalue weighted by molar-refractivity contribution is 6.31. The number of benzene rings is 2. The number of aromatic amines is 1. The lowest BCUT2D eigenvalue weighted by molar-refractivity contribution is 0.0927. The Balaban J connectivity index is 1.35. The van der Waals surface area contributed by atoms with Gasteiger partial charge in [0.1, 0.15) is 5.82 Å². The number of hydrogen-bond acceptors (Lipinski definition) is 3. The third kappa shape index (κ3) is 4.02. The van der Waals surface area contributed by atoms with E-state index in [1.807, 2.05) is 36.4 Å². The minimum atomic E-state index is -0.565. The lowest BCUT2D eigenvalue weighted by Gasteiger charge is -2.32. The highest BCUT2D eigenvalue weighted by Gasteiger charge is 2.24. The third-order valence-corrected chi connectivity index (χ3v) is 5.21. The number of rotatable bonds is 4. The molecule has 0 saturated carbocycles. The van der Waals surface area contributed by atoms with Crippen LogP contribution < -0.4 is 10.2 Å². The molecule has 2 aromatic carbocycles. The molecule has 1 aliphatic rings. The molecule has 0 aliphatic carbocycles. The first-order chi connectivity index (χ1) is 13.6. The molecule has 144 valence electrons. The van der Waals surface area contributed by atoms with Gasteiger partial charge in [0.25, 0.3) is 5.91 Å². The fraction of sp³-hybridized carbons (Fsp3) is 0.238. The summed E-state index contributed by atoms with van der Waals surface area (Å²) in [7, 11) is 0. The van der Waals surface area contributed by atoms with E-state index in [0.717, 1.165) is 43.0 Å². The summed E-state index contributed by atoms with van der Waals surface area (Å²) < 4.78 is 13.9. The van der Waals surface area contributed by atoms with Crippen LogP contribution >= 0.6 is 11.6 Å². The van der Waals surface area contributed by atoms with Gasteiger partial charge in [0, 0.05) is 30.2 Å². The van der Waals surface area contributed by atoms with Crippen LogP contribution in [-0.4, -0.2) is 35.2 Å². The van der Waals surface area contributed by atoms with Gasteiger partial charge < -0.3 is 10.2 Å². The summed E-state index contributed by atoms with van der Waals surface area (Å²) in [5.74, 6) is -0.0987. The molecule has 0 unspecified atom stereocenters. The van der Waals surface area contributed by atoms with E-state index in [4.69, 9.17) is 11.6 Å². The molecular formula is C21H20ClFN4O. The average Bonchev–Trinajstić information content (AvgIpc) is 3.21. The highest BCUT2D eigenvalue weighted by Crippen LogP contribution is 2.24. The van der Waals surface area contributed by atoms with Crippen LogP contribution in [0.15, 0.2) is 54.6 Å². The Kier molecular flexibility index (Phi) is 5.30. The Morgan fingerprint density at radius 1 is 1.14 bits per heavy atom. The first-order valence-electron chi connectivity index (χ1n) is 9.22. The van der Waals surface area contributed by atoms with Gasteiger partial charge in [0.05, 0.1) is 11.3 Å². The van der Waals surface area contributed by atoms with Crippen molar-refractivity contribution in [1.82, 2.24) is 15.5 Å². The molecule has 1 saturated heterocycles. The van der Waals surface area contributed by atoms with E-state index in [9.17, 15) is 9.18 Å². The summed E-state index contributed by atoms with van der Waals surface area (Å²) in [6.45, 7) is 1.53. The van der Waals surface area contributed by atoms with Crippen molar-refractivity contribution in [3.05, 3.63) is 71.0 Å². The second kappa shape index (κ2) is 8.02. The number of anilines is 1. The van der Waals surface area contributed by atoms with Gasteiger partial charge in [-0.1, -0.05) is 41.9 Å². The molecular weight excluding hydrogens is 379 g/mol. The minimum Gasteiger partial charge on any atom is -0.355 e. The minimum absolute atomic E-state index is 0.00494. The van der Waals surface area contributed by atoms with Crippen molar-refractivity contribution >= 4 is 23.3 Å². The number of carbonyl (C=O) groups is 1. The van der Waals surface area contributed by atoms with Crippen LogP contribution in [0.1, 0.15) is 23.2 Å². The predicted molar refractivity (Wildman–Crippen MR) is 108 cm³/mol. The van der Waals surface area contributed by atoms with E-state index in [1.54, 1.807) is 0 Å². The van der Waals surface area contributed by atoms with E-state index < -0.39 is 11.7 Å². The molecule has 0 radical (unpaired) electrons. The SMILES string of the molecule is O=C(NC1CCN(c2cc(-c3ccccc3)[nH]n2)CC1)c1cc(Cl)ccc1F. The molecule has 1 amide bonds. The van der Waals surface area contributed by atoms with Gasteiger partial charge in [-0.3, -0.25) is 9.89 Å². The molecule has 7 heteroatoms. The fourth-order valence-electron chi connectivity index (χ4n) is 3.43. The Bertz CT molecular complexity index is 968. The number of hydrogen-bond donors (Lipinski definition) is 2. The number of nitrogens with one attached hydrogen (secondary N) is 2. The fourth-order valence-corrected chi connectivity index (χ4v) is 3.60. The number of piperidine rings is 1. The number of H-pyrrole nitrogens is 1. The molecule has 0 bridgehead atoms. The van der Waals surface area contributed by atoms with Crippen LogP contribution in [-0.2, 0) is 0 Å². The van der Waals surface area contributed by atoms with Gasteiger partial charge in [-0.05, 0) is 36.6 Å². The highest BCUT2D eigenvalue weighted by atomic mass is 35.5. The molecule has 5 nitrogen and oxygen atoms in total. The molecule has 3 aromatic rings. The summed E-state index contributed by atoms with van der Waals surface area (Å²) >= 11 is 5.87. The quantitative estimate of drug-likeness (QED) is 0.690. The Hall–Kier alpha value is -2.86. The Morgan fingerprint density at radius 3 is 2.64 bits per heavy atom. The van der Waals surface area contributed by atoms with Crippen molar-refractivity contribution < 1.29 is 9.18 Å². The van der Waals surface area contributed by atoms with E-state index in [2.05, 4.69) is 20.4 Å². The third-order valence-electron chi connectivity index (χ3n) is 4.98. The van der Waals surface area contributed by atoms with Crippen molar-refractivity contribution in [1.29, 1.82) is 0 Å². The number of aromatic nitrogens is 2. The van der Waals surface area contributed by atoms with Crippen molar-refractivity contribution in [2.75, 3.05) is 18.0 Å². The van der Waals surface area contributed by atoms with E-state index in [1.165, 1.54) is 18.2 Å². The average molecular weight is 399 g/mol. The first-order valence-corrected chi connectivity index (χ1v) is 9.59. The summed E-state index contributed by atoms with van der Waals surface area (Å²) in [5.41, 5.74) is 2.05. The molecule has 1 aliphatic heterocycles. The second-order valence-corrected chi connectivity index (χ2v) is 7.30. The smallest absolute Gasteiger partial charge is 0.254 e. The zero-order valence-corrected chi connectivity index (χ0v) is 15.9. The molecule has 2 N–H and O–H groups in total. The molecule has 4 rings (SSSR count). The first kappa shape index (κ1) is 18.5. The van der Waals surface area contributed by atoms with Gasteiger partial charge in [0.15, 0.2) is 5.82 Å². The second-order valence-electron chi connectivity index (χ2n) is 6.86. The normalized spacial score (nSPS) is 14.9. The van der Waals surface area contributed by atoms with Crippen LogP contribution in [0.4, 0.5) is 10.2 Å². The maximum absolute atomic E-state index is 13.9. The standard InChI is InChI=1S/C21H20ClFN4O/c22-15-6-7-18(23)17(12-15)21(28)24-16-8-10-27(11-9-16)20-13-19(25-26-20)14-4-2-1-3-5-14/h1-7,12-13,16H,8-11H2,(H,24,28)(H,25,26). The zero-order valence-electron chi connectivity index (χ0n) is 15.2. The molecule has 1 fully saturated rings. The summed E-state index contributed by atoms with van der Waals surface area (Å²) in [5, 5.41) is 10.8. The van der Waals surface area contributed by atoms with Crippen molar-refractivity contribution in [2.45, 2.75) is 18.9 Å². The van der Waals surface area contributed by atoms with Gasteiger partial charge in [-0.2, -0.15) is 5.10 Å². The summed E-state index contributed by atoms with van der Waals surface area (Å²) in [6, 6.07) is 16.1. The number of amides is 1. The van der Waals surface area contributed by atoms with E-state index >= 15 is 0 Å². The van der Waals surface area contributed by atoms with Crippen LogP contribution in [0.5, 0.6) is 0 Å². The topological polar surface area (TPSA) is 61.0 Å². The maximum Gasteiger partial charge on any atom is 0.254 e. The van der Waals surface area contributed by atoms with Crippen LogP contribution in [0.2, 0.25) is 5.02 Å². The maximum atomic E-state index is 13.9. The van der Waals surface area contributed by atoms with Crippen molar-refractivity contribution in [2.24, 2.45) is 0 Å². The summed E-state index contributed by atoms with van der Waals surface area (Å²) in [6.07, 6.45) is 1.53. The zero-order chi connectivity index (χ0) is 19.5. The monoisotopic (exact) mass is 398 g/mol. The Morgan fingerprint density at radius 2 is 1.89 bits per heavy atom. The van der Waals surface area contributed by atoms with Crippen molar-refractivity contribution in [3.8, 4) is 11.3 Å². The largest absolute Gasteiger partial charge is 0.355 e. The molecule has 0 atom stereocenters. The predicted octanol–water partition coefficient (Wildman–Crippen LogP) is 4.27. The Labute approximate surface area is 167 Å². The van der Waals surface area contributed by atoms with E-state index in [0.29, 0.717) is 5.02 Å². The van der Waals surface area contributed by atoms with Crippen LogP contribution in [0, 0.1) is 5.82 Å². The molecule has 28 heavy (non-hydrogen) atoms. The van der Waals surface area contributed by atoms with Gasteiger partial charge in [-0.15, -0.1) is 0 Å². The van der Waals surface area contributed by atoms with Gasteiger partial charge >= 0.3 is 0 Å². The molecule has 2 heterocycles. The molecule has 1 aromatic heterocycles. The number of halogens is 2.